The molecule has 0 radical (unpaired) electrons. The van der Waals surface area contributed by atoms with Gasteiger partial charge in [0.15, 0.2) is 0 Å². The molecule has 0 unspecified atom stereocenters. The molecule has 0 spiro atoms. The Bertz CT molecular complexity index is 601. The molecule has 0 atom stereocenters. The molecule has 0 fully saturated rings. The third kappa shape index (κ3) is 10.8. The van der Waals surface area contributed by atoms with E-state index in [4.69, 9.17) is 20.4 Å². The second-order valence-electron chi connectivity index (χ2n) is 6.22. The highest BCUT2D eigenvalue weighted by molar-refractivity contribution is 5.87. The van der Waals surface area contributed by atoms with Gasteiger partial charge in [0.2, 0.25) is 0 Å². The van der Waals surface area contributed by atoms with E-state index < -0.39 is 11.9 Å². The Morgan fingerprint density at radius 2 is 1.11 bits per heavy atom. The van der Waals surface area contributed by atoms with Gasteiger partial charge >= 0.3 is 11.9 Å². The zero-order chi connectivity index (χ0) is 20.7. The minimum Gasteiger partial charge on any atom is -0.478 e. The number of aromatic carboxylic acids is 2. The van der Waals surface area contributed by atoms with Gasteiger partial charge in [0.1, 0.15) is 0 Å². The SMILES string of the molecule is CCCC(C)(CO)CO.O=C(O)c1ccccc1.O=C(O)c1ccccc1. The van der Waals surface area contributed by atoms with E-state index in [1.165, 1.54) is 0 Å². The summed E-state index contributed by atoms with van der Waals surface area (Å²) >= 11 is 0. The van der Waals surface area contributed by atoms with Crippen LogP contribution >= 0.6 is 0 Å². The van der Waals surface area contributed by atoms with Crippen LogP contribution in [-0.2, 0) is 0 Å². The summed E-state index contributed by atoms with van der Waals surface area (Å²) in [4.78, 5) is 20.4. The van der Waals surface area contributed by atoms with Crippen molar-refractivity contribution in [3.05, 3.63) is 71.8 Å². The Balaban J connectivity index is 0.000000376. The van der Waals surface area contributed by atoms with E-state index in [1.807, 2.05) is 13.8 Å². The van der Waals surface area contributed by atoms with Gasteiger partial charge < -0.3 is 20.4 Å². The quantitative estimate of drug-likeness (QED) is 0.613. The average molecular weight is 376 g/mol. The summed E-state index contributed by atoms with van der Waals surface area (Å²) in [7, 11) is 0. The lowest BCUT2D eigenvalue weighted by atomic mass is 9.88. The van der Waals surface area contributed by atoms with Crippen molar-refractivity contribution in [2.75, 3.05) is 13.2 Å². The lowest BCUT2D eigenvalue weighted by Crippen LogP contribution is -2.25. The fourth-order valence-corrected chi connectivity index (χ4v) is 1.97. The topological polar surface area (TPSA) is 115 Å². The van der Waals surface area contributed by atoms with Crippen molar-refractivity contribution >= 4 is 11.9 Å². The highest BCUT2D eigenvalue weighted by Crippen LogP contribution is 2.20. The molecule has 2 rings (SSSR count). The largest absolute Gasteiger partial charge is 0.478 e. The molecule has 2 aromatic rings. The first-order valence-electron chi connectivity index (χ1n) is 8.58. The summed E-state index contributed by atoms with van der Waals surface area (Å²) in [5.74, 6) is -1.76. The summed E-state index contributed by atoms with van der Waals surface area (Å²) in [6.45, 7) is 4.09. The van der Waals surface area contributed by atoms with Crippen molar-refractivity contribution in [3.8, 4) is 0 Å². The van der Waals surface area contributed by atoms with Gasteiger partial charge in [0.25, 0.3) is 0 Å². The van der Waals surface area contributed by atoms with Gasteiger partial charge in [-0.3, -0.25) is 0 Å². The molecular formula is C21H28O6. The van der Waals surface area contributed by atoms with Gasteiger partial charge in [-0.05, 0) is 30.7 Å². The fraction of sp³-hybridized carbons (Fsp3) is 0.333. The standard InChI is InChI=1S/2C7H6O2.C7H16O2/c2*8-7(9)6-4-2-1-3-5-6;1-3-4-7(2,5-8)6-9/h2*1-5H,(H,8,9);8-9H,3-6H2,1-2H3. The van der Waals surface area contributed by atoms with Crippen LogP contribution < -0.4 is 0 Å². The first-order chi connectivity index (χ1) is 12.8. The maximum atomic E-state index is 10.2. The summed E-state index contributed by atoms with van der Waals surface area (Å²) in [6.07, 6.45) is 1.90. The molecule has 6 heteroatoms. The second-order valence-corrected chi connectivity index (χ2v) is 6.22. The lowest BCUT2D eigenvalue weighted by molar-refractivity contribution is 0.0622. The molecule has 0 aliphatic carbocycles. The third-order valence-corrected chi connectivity index (χ3v) is 3.66. The molecule has 0 aliphatic rings. The number of hydrogen-bond acceptors (Lipinski definition) is 4. The van der Waals surface area contributed by atoms with Crippen molar-refractivity contribution in [1.82, 2.24) is 0 Å². The summed E-state index contributed by atoms with van der Waals surface area (Å²) in [5.41, 5.74) is 0.407. The highest BCUT2D eigenvalue weighted by Gasteiger charge is 2.20. The number of rotatable bonds is 6. The number of carboxylic acids is 2. The summed E-state index contributed by atoms with van der Waals surface area (Å²) in [6, 6.07) is 16.6. The number of benzene rings is 2. The minimum absolute atomic E-state index is 0.0807. The molecule has 0 saturated heterocycles. The molecule has 0 amide bonds. The van der Waals surface area contributed by atoms with Crippen molar-refractivity contribution < 1.29 is 30.0 Å². The van der Waals surface area contributed by atoms with Crippen LogP contribution in [0.4, 0.5) is 0 Å². The van der Waals surface area contributed by atoms with E-state index in [-0.39, 0.29) is 18.6 Å². The van der Waals surface area contributed by atoms with Crippen LogP contribution in [0.3, 0.4) is 0 Å². The van der Waals surface area contributed by atoms with Crippen LogP contribution in [-0.4, -0.2) is 45.6 Å². The third-order valence-electron chi connectivity index (χ3n) is 3.66. The van der Waals surface area contributed by atoms with Crippen LogP contribution in [0.25, 0.3) is 0 Å². The van der Waals surface area contributed by atoms with Crippen LogP contribution in [0.1, 0.15) is 47.4 Å². The normalized spacial score (nSPS) is 9.93. The predicted octanol–water partition coefficient (Wildman–Crippen LogP) is 3.55. The molecule has 148 valence electrons. The van der Waals surface area contributed by atoms with Crippen LogP contribution in [0.2, 0.25) is 0 Å². The maximum Gasteiger partial charge on any atom is 0.335 e. The van der Waals surface area contributed by atoms with Crippen molar-refractivity contribution in [3.63, 3.8) is 0 Å². The van der Waals surface area contributed by atoms with Crippen LogP contribution in [0, 0.1) is 5.41 Å². The van der Waals surface area contributed by atoms with Crippen LogP contribution in [0.5, 0.6) is 0 Å². The summed E-state index contributed by atoms with van der Waals surface area (Å²) < 4.78 is 0. The molecule has 4 N–H and O–H groups in total. The monoisotopic (exact) mass is 376 g/mol. The highest BCUT2D eigenvalue weighted by atomic mass is 16.4. The van der Waals surface area contributed by atoms with Gasteiger partial charge in [0.05, 0.1) is 24.3 Å². The van der Waals surface area contributed by atoms with Gasteiger partial charge in [0, 0.05) is 5.41 Å². The number of aliphatic hydroxyl groups is 2. The second kappa shape index (κ2) is 13.5. The van der Waals surface area contributed by atoms with Crippen molar-refractivity contribution in [1.29, 1.82) is 0 Å². The number of carboxylic acid groups (broad SMARTS) is 2. The predicted molar refractivity (Wildman–Crippen MR) is 104 cm³/mol. The molecule has 0 aliphatic heterocycles. The molecule has 0 heterocycles. The van der Waals surface area contributed by atoms with E-state index in [1.54, 1.807) is 60.7 Å². The zero-order valence-electron chi connectivity index (χ0n) is 15.7. The molecule has 0 saturated carbocycles. The van der Waals surface area contributed by atoms with Gasteiger partial charge in [-0.2, -0.15) is 0 Å². The lowest BCUT2D eigenvalue weighted by Gasteiger charge is -2.23. The van der Waals surface area contributed by atoms with Crippen molar-refractivity contribution in [2.24, 2.45) is 5.41 Å². The smallest absolute Gasteiger partial charge is 0.335 e. The number of aliphatic hydroxyl groups excluding tert-OH is 2. The van der Waals surface area contributed by atoms with E-state index in [2.05, 4.69) is 0 Å². The Hall–Kier alpha value is -2.70. The van der Waals surface area contributed by atoms with E-state index in [0.717, 1.165) is 12.8 Å². The fourth-order valence-electron chi connectivity index (χ4n) is 1.97. The van der Waals surface area contributed by atoms with Gasteiger partial charge in [-0.25, -0.2) is 9.59 Å². The van der Waals surface area contributed by atoms with Gasteiger partial charge in [-0.15, -0.1) is 0 Å². The number of carbonyl (C=O) groups is 2. The van der Waals surface area contributed by atoms with Gasteiger partial charge in [-0.1, -0.05) is 56.7 Å². The number of hydrogen-bond donors (Lipinski definition) is 4. The van der Waals surface area contributed by atoms with Crippen molar-refractivity contribution in [2.45, 2.75) is 26.7 Å². The van der Waals surface area contributed by atoms with E-state index in [9.17, 15) is 9.59 Å². The first kappa shape index (κ1) is 24.3. The zero-order valence-corrected chi connectivity index (χ0v) is 15.7. The molecular weight excluding hydrogens is 348 g/mol. The Morgan fingerprint density at radius 3 is 1.26 bits per heavy atom. The first-order valence-corrected chi connectivity index (χ1v) is 8.58. The van der Waals surface area contributed by atoms with E-state index >= 15 is 0 Å². The molecule has 6 nitrogen and oxygen atoms in total. The van der Waals surface area contributed by atoms with E-state index in [0.29, 0.717) is 11.1 Å². The summed E-state index contributed by atoms with van der Waals surface area (Å²) in [5, 5.41) is 34.3. The molecule has 0 aromatic heterocycles. The molecule has 0 bridgehead atoms. The minimum atomic E-state index is -0.879. The Kier molecular flexibility index (Phi) is 12.1. The molecule has 27 heavy (non-hydrogen) atoms. The molecule has 2 aromatic carbocycles. The Labute approximate surface area is 159 Å². The average Bonchev–Trinajstić information content (AvgIpc) is 2.70. The van der Waals surface area contributed by atoms with Crippen LogP contribution in [0.15, 0.2) is 60.7 Å². The maximum absolute atomic E-state index is 10.2. The Morgan fingerprint density at radius 1 is 0.778 bits per heavy atom.